The Morgan fingerprint density at radius 3 is 2.50 bits per heavy atom. The lowest BCUT2D eigenvalue weighted by molar-refractivity contribution is 0.191. The Labute approximate surface area is 146 Å². The zero-order valence-electron chi connectivity index (χ0n) is 12.5. The van der Waals surface area contributed by atoms with E-state index in [0.29, 0.717) is 13.2 Å². The summed E-state index contributed by atoms with van der Waals surface area (Å²) in [7, 11) is 0. The highest BCUT2D eigenvalue weighted by Crippen LogP contribution is 2.26. The Balaban J connectivity index is 0.00000242. The van der Waals surface area contributed by atoms with Crippen LogP contribution in [0.25, 0.3) is 0 Å². The normalized spacial score (nSPS) is 11.6. The van der Waals surface area contributed by atoms with Gasteiger partial charge in [-0.15, -0.1) is 12.4 Å². The van der Waals surface area contributed by atoms with Crippen molar-refractivity contribution in [2.24, 2.45) is 0 Å². The summed E-state index contributed by atoms with van der Waals surface area (Å²) in [5.41, 5.74) is 2.29. The van der Waals surface area contributed by atoms with Crippen LogP contribution in [0.4, 0.5) is 0 Å². The summed E-state index contributed by atoms with van der Waals surface area (Å²) in [5, 5.41) is 12.4. The zero-order valence-corrected chi connectivity index (χ0v) is 14.9. The standard InChI is InChI=1S/C17H20BrNO2.ClH/c1-13(20)10-19-11-15-7-8-17(16(18)9-15)21-12-14-5-3-2-4-6-14;/h2-9,13,19-20H,10-12H2,1H3;1H. The fraction of sp³-hybridized carbons (Fsp3) is 0.294. The molecule has 1 atom stereocenters. The van der Waals surface area contributed by atoms with Crippen LogP contribution in [0, 0.1) is 0 Å². The maximum atomic E-state index is 9.22. The van der Waals surface area contributed by atoms with Gasteiger partial charge in [-0.25, -0.2) is 0 Å². The Kier molecular flexibility index (Phi) is 8.49. The van der Waals surface area contributed by atoms with Gasteiger partial charge in [-0.05, 0) is 46.1 Å². The van der Waals surface area contributed by atoms with Gasteiger partial charge < -0.3 is 15.2 Å². The van der Waals surface area contributed by atoms with Crippen molar-refractivity contribution >= 4 is 28.3 Å². The number of hydrogen-bond donors (Lipinski definition) is 2. The predicted molar refractivity (Wildman–Crippen MR) is 95.6 cm³/mol. The fourth-order valence-electron chi connectivity index (χ4n) is 1.93. The largest absolute Gasteiger partial charge is 0.488 e. The van der Waals surface area contributed by atoms with Crippen LogP contribution in [0.2, 0.25) is 0 Å². The Morgan fingerprint density at radius 1 is 1.14 bits per heavy atom. The third-order valence-corrected chi connectivity index (χ3v) is 3.62. The van der Waals surface area contributed by atoms with Gasteiger partial charge in [0.05, 0.1) is 10.6 Å². The second kappa shape index (κ2) is 9.85. The molecule has 0 aliphatic rings. The lowest BCUT2D eigenvalue weighted by Gasteiger charge is -2.11. The molecule has 2 N–H and O–H groups in total. The monoisotopic (exact) mass is 385 g/mol. The van der Waals surface area contributed by atoms with Gasteiger partial charge in [0.2, 0.25) is 0 Å². The molecule has 0 saturated heterocycles. The number of nitrogens with one attached hydrogen (secondary N) is 1. The molecule has 5 heteroatoms. The molecule has 22 heavy (non-hydrogen) atoms. The average molecular weight is 387 g/mol. The quantitative estimate of drug-likeness (QED) is 0.758. The molecule has 0 spiro atoms. The predicted octanol–water partition coefficient (Wildman–Crippen LogP) is 3.92. The Morgan fingerprint density at radius 2 is 1.86 bits per heavy atom. The lowest BCUT2D eigenvalue weighted by Crippen LogP contribution is -2.23. The molecule has 0 radical (unpaired) electrons. The zero-order chi connectivity index (χ0) is 15.1. The number of ether oxygens (including phenoxy) is 1. The number of hydrogen-bond acceptors (Lipinski definition) is 3. The van der Waals surface area contributed by atoms with Crippen molar-refractivity contribution in [1.29, 1.82) is 0 Å². The Hall–Kier alpha value is -1.07. The van der Waals surface area contributed by atoms with Gasteiger partial charge in [-0.2, -0.15) is 0 Å². The van der Waals surface area contributed by atoms with E-state index in [1.54, 1.807) is 6.92 Å². The molecule has 0 saturated carbocycles. The number of rotatable bonds is 7. The van der Waals surface area contributed by atoms with E-state index in [-0.39, 0.29) is 18.5 Å². The van der Waals surface area contributed by atoms with Gasteiger partial charge in [0, 0.05) is 13.1 Å². The van der Waals surface area contributed by atoms with E-state index < -0.39 is 0 Å². The highest BCUT2D eigenvalue weighted by Gasteiger charge is 2.04. The molecule has 0 bridgehead atoms. The van der Waals surface area contributed by atoms with Gasteiger partial charge >= 0.3 is 0 Å². The second-order valence-electron chi connectivity index (χ2n) is 5.02. The van der Waals surface area contributed by atoms with Crippen LogP contribution in [-0.4, -0.2) is 17.8 Å². The number of halogens is 2. The van der Waals surface area contributed by atoms with E-state index in [1.165, 1.54) is 0 Å². The summed E-state index contributed by atoms with van der Waals surface area (Å²) < 4.78 is 6.75. The van der Waals surface area contributed by atoms with Crippen molar-refractivity contribution in [2.45, 2.75) is 26.2 Å². The highest BCUT2D eigenvalue weighted by atomic mass is 79.9. The molecule has 0 aliphatic carbocycles. The molecule has 1 unspecified atom stereocenters. The topological polar surface area (TPSA) is 41.5 Å². The molecule has 0 aliphatic heterocycles. The summed E-state index contributed by atoms with van der Waals surface area (Å²) in [6, 6.07) is 16.1. The van der Waals surface area contributed by atoms with E-state index in [9.17, 15) is 5.11 Å². The van der Waals surface area contributed by atoms with E-state index in [2.05, 4.69) is 21.2 Å². The van der Waals surface area contributed by atoms with Crippen LogP contribution in [0.3, 0.4) is 0 Å². The van der Waals surface area contributed by atoms with E-state index in [1.807, 2.05) is 48.5 Å². The number of aliphatic hydroxyl groups excluding tert-OH is 1. The van der Waals surface area contributed by atoms with Crippen molar-refractivity contribution in [3.63, 3.8) is 0 Å². The van der Waals surface area contributed by atoms with Crippen LogP contribution in [0.5, 0.6) is 5.75 Å². The minimum atomic E-state index is -0.332. The first kappa shape index (κ1) is 19.0. The van der Waals surface area contributed by atoms with Crippen LogP contribution in [-0.2, 0) is 13.2 Å². The molecule has 120 valence electrons. The lowest BCUT2D eigenvalue weighted by atomic mass is 10.2. The van der Waals surface area contributed by atoms with Crippen molar-refractivity contribution in [1.82, 2.24) is 5.32 Å². The molecule has 2 aromatic rings. The van der Waals surface area contributed by atoms with Gasteiger partial charge in [-0.3, -0.25) is 0 Å². The third kappa shape index (κ3) is 6.36. The first-order chi connectivity index (χ1) is 10.1. The van der Waals surface area contributed by atoms with Gasteiger partial charge in [0.1, 0.15) is 12.4 Å². The fourth-order valence-corrected chi connectivity index (χ4v) is 2.47. The number of benzene rings is 2. The van der Waals surface area contributed by atoms with E-state index in [0.717, 1.165) is 27.9 Å². The summed E-state index contributed by atoms with van der Waals surface area (Å²) in [4.78, 5) is 0. The second-order valence-corrected chi connectivity index (χ2v) is 5.87. The minimum absolute atomic E-state index is 0. The van der Waals surface area contributed by atoms with Gasteiger partial charge in [-0.1, -0.05) is 36.4 Å². The first-order valence-corrected chi connectivity index (χ1v) is 7.78. The van der Waals surface area contributed by atoms with Crippen LogP contribution >= 0.6 is 28.3 Å². The molecule has 0 amide bonds. The van der Waals surface area contributed by atoms with Crippen molar-refractivity contribution in [3.8, 4) is 5.75 Å². The molecular formula is C17H21BrClNO2. The third-order valence-electron chi connectivity index (χ3n) is 3.00. The Bertz CT molecular complexity index is 564. The molecule has 2 rings (SSSR count). The molecule has 0 aromatic heterocycles. The average Bonchev–Trinajstić information content (AvgIpc) is 2.47. The smallest absolute Gasteiger partial charge is 0.134 e. The van der Waals surface area contributed by atoms with Gasteiger partial charge in [0.25, 0.3) is 0 Å². The first-order valence-electron chi connectivity index (χ1n) is 6.99. The van der Waals surface area contributed by atoms with Crippen LogP contribution in [0.15, 0.2) is 53.0 Å². The SMILES string of the molecule is CC(O)CNCc1ccc(OCc2ccccc2)c(Br)c1.Cl. The minimum Gasteiger partial charge on any atom is -0.488 e. The maximum Gasteiger partial charge on any atom is 0.134 e. The van der Waals surface area contributed by atoms with Crippen LogP contribution < -0.4 is 10.1 Å². The summed E-state index contributed by atoms with van der Waals surface area (Å²) in [6.07, 6.45) is -0.332. The van der Waals surface area contributed by atoms with Crippen LogP contribution in [0.1, 0.15) is 18.1 Å². The molecule has 2 aromatic carbocycles. The van der Waals surface area contributed by atoms with E-state index in [4.69, 9.17) is 4.74 Å². The summed E-state index contributed by atoms with van der Waals surface area (Å²) >= 11 is 3.54. The van der Waals surface area contributed by atoms with Crippen molar-refractivity contribution in [2.75, 3.05) is 6.54 Å². The van der Waals surface area contributed by atoms with Crippen molar-refractivity contribution < 1.29 is 9.84 Å². The molecule has 3 nitrogen and oxygen atoms in total. The highest BCUT2D eigenvalue weighted by molar-refractivity contribution is 9.10. The molecule has 0 heterocycles. The van der Waals surface area contributed by atoms with Gasteiger partial charge in [0.15, 0.2) is 0 Å². The maximum absolute atomic E-state index is 9.22. The number of aliphatic hydroxyl groups is 1. The summed E-state index contributed by atoms with van der Waals surface area (Å²) in [5.74, 6) is 0.832. The summed E-state index contributed by atoms with van der Waals surface area (Å²) in [6.45, 7) is 3.63. The molecular weight excluding hydrogens is 366 g/mol. The molecule has 0 fully saturated rings. The van der Waals surface area contributed by atoms with E-state index >= 15 is 0 Å². The van der Waals surface area contributed by atoms with Crippen molar-refractivity contribution in [3.05, 3.63) is 64.1 Å².